The van der Waals surface area contributed by atoms with E-state index in [0.29, 0.717) is 0 Å². The van der Waals surface area contributed by atoms with Crippen molar-refractivity contribution in [2.75, 3.05) is 6.61 Å². The van der Waals surface area contributed by atoms with Crippen LogP contribution < -0.4 is 0 Å². The van der Waals surface area contributed by atoms with Crippen LogP contribution in [-0.4, -0.2) is 11.7 Å². The van der Waals surface area contributed by atoms with Crippen LogP contribution in [-0.2, 0) is 0 Å². The molecule has 0 atom stereocenters. The lowest BCUT2D eigenvalue weighted by atomic mass is 10.2. The summed E-state index contributed by atoms with van der Waals surface area (Å²) in [7, 11) is 0. The molecule has 10 heavy (non-hydrogen) atoms. The van der Waals surface area contributed by atoms with E-state index in [0.717, 1.165) is 12.0 Å². The van der Waals surface area contributed by atoms with Crippen molar-refractivity contribution in [2.24, 2.45) is 0 Å². The number of hydrogen-bond acceptors (Lipinski definition) is 1. The van der Waals surface area contributed by atoms with E-state index >= 15 is 0 Å². The zero-order valence-electron chi connectivity index (χ0n) is 6.38. The lowest BCUT2D eigenvalue weighted by Gasteiger charge is -1.93. The monoisotopic (exact) mass is 138 g/mol. The molecule has 0 heterocycles. The third-order valence-electron chi connectivity index (χ3n) is 1.24. The highest BCUT2D eigenvalue weighted by molar-refractivity contribution is 5.15. The number of rotatable bonds is 4. The highest BCUT2D eigenvalue weighted by Gasteiger charge is 1.85. The Morgan fingerprint density at radius 1 is 1.50 bits per heavy atom. The molecule has 0 aliphatic heterocycles. The van der Waals surface area contributed by atoms with E-state index in [1.54, 1.807) is 6.08 Å². The molecule has 0 rings (SSSR count). The molecule has 0 radical (unpaired) electrons. The van der Waals surface area contributed by atoms with Gasteiger partial charge in [0.25, 0.3) is 0 Å². The quantitative estimate of drug-likeness (QED) is 0.589. The zero-order valence-corrected chi connectivity index (χ0v) is 6.38. The first-order valence-corrected chi connectivity index (χ1v) is 3.43. The summed E-state index contributed by atoms with van der Waals surface area (Å²) in [6.45, 7) is 5.70. The molecule has 0 aromatic rings. The summed E-state index contributed by atoms with van der Waals surface area (Å²) in [4.78, 5) is 0. The highest BCUT2D eigenvalue weighted by Crippen LogP contribution is 1.98. The average Bonchev–Trinajstić information content (AvgIpc) is 1.99. The van der Waals surface area contributed by atoms with Crippen LogP contribution in [0.4, 0.5) is 0 Å². The van der Waals surface area contributed by atoms with Gasteiger partial charge >= 0.3 is 0 Å². The van der Waals surface area contributed by atoms with Gasteiger partial charge in [-0.2, -0.15) is 0 Å². The zero-order chi connectivity index (χ0) is 7.82. The topological polar surface area (TPSA) is 20.2 Å². The van der Waals surface area contributed by atoms with Crippen molar-refractivity contribution in [2.45, 2.75) is 13.3 Å². The van der Waals surface area contributed by atoms with Crippen molar-refractivity contribution in [1.29, 1.82) is 0 Å². The molecule has 0 saturated carbocycles. The van der Waals surface area contributed by atoms with Crippen molar-refractivity contribution in [3.05, 3.63) is 36.5 Å². The van der Waals surface area contributed by atoms with E-state index in [1.165, 1.54) is 0 Å². The number of aliphatic hydroxyl groups is 1. The van der Waals surface area contributed by atoms with Gasteiger partial charge in [-0.3, -0.25) is 0 Å². The molecular formula is C9H14O. The van der Waals surface area contributed by atoms with Gasteiger partial charge in [-0.25, -0.2) is 0 Å². The number of hydrogen-bond donors (Lipinski definition) is 1. The van der Waals surface area contributed by atoms with E-state index < -0.39 is 0 Å². The van der Waals surface area contributed by atoms with E-state index in [2.05, 4.69) is 6.58 Å². The Hall–Kier alpha value is -0.820. The second-order valence-corrected chi connectivity index (χ2v) is 1.96. The largest absolute Gasteiger partial charge is 0.392 e. The van der Waals surface area contributed by atoms with Gasteiger partial charge in [-0.15, -0.1) is 0 Å². The van der Waals surface area contributed by atoms with Gasteiger partial charge in [0, 0.05) is 0 Å². The summed E-state index contributed by atoms with van der Waals surface area (Å²) in [5.74, 6) is 0. The SMILES string of the molecule is C=C/C=C\C=C(/CC)CO. The molecule has 0 spiro atoms. The second kappa shape index (κ2) is 6.30. The van der Waals surface area contributed by atoms with Crippen molar-refractivity contribution in [3.8, 4) is 0 Å². The van der Waals surface area contributed by atoms with Crippen LogP contribution in [0.2, 0.25) is 0 Å². The minimum atomic E-state index is 0.151. The Bertz CT molecular complexity index is 137. The Morgan fingerprint density at radius 3 is 2.60 bits per heavy atom. The maximum atomic E-state index is 8.70. The van der Waals surface area contributed by atoms with E-state index in [9.17, 15) is 0 Å². The minimum Gasteiger partial charge on any atom is -0.392 e. The Morgan fingerprint density at radius 2 is 2.20 bits per heavy atom. The van der Waals surface area contributed by atoms with Gasteiger partial charge in [0.2, 0.25) is 0 Å². The molecule has 0 bridgehead atoms. The van der Waals surface area contributed by atoms with Crippen molar-refractivity contribution >= 4 is 0 Å². The predicted octanol–water partition coefficient (Wildman–Crippen LogP) is 2.06. The highest BCUT2D eigenvalue weighted by atomic mass is 16.3. The van der Waals surface area contributed by atoms with Crippen LogP contribution in [0.1, 0.15) is 13.3 Å². The van der Waals surface area contributed by atoms with Crippen molar-refractivity contribution in [3.63, 3.8) is 0 Å². The molecule has 1 heteroatoms. The molecule has 0 fully saturated rings. The average molecular weight is 138 g/mol. The maximum absolute atomic E-state index is 8.70. The molecule has 0 saturated heterocycles. The fourth-order valence-electron chi connectivity index (χ4n) is 0.553. The molecule has 0 amide bonds. The van der Waals surface area contributed by atoms with Crippen molar-refractivity contribution in [1.82, 2.24) is 0 Å². The first-order chi connectivity index (χ1) is 4.85. The summed E-state index contributed by atoms with van der Waals surface area (Å²) in [6.07, 6.45) is 8.23. The molecule has 56 valence electrons. The fourth-order valence-corrected chi connectivity index (χ4v) is 0.553. The van der Waals surface area contributed by atoms with Crippen LogP contribution in [0.25, 0.3) is 0 Å². The van der Waals surface area contributed by atoms with Gasteiger partial charge in [0.15, 0.2) is 0 Å². The summed E-state index contributed by atoms with van der Waals surface area (Å²) < 4.78 is 0. The van der Waals surface area contributed by atoms with Crippen LogP contribution in [0.5, 0.6) is 0 Å². The van der Waals surface area contributed by atoms with Gasteiger partial charge in [-0.1, -0.05) is 37.8 Å². The standard InChI is InChI=1S/C9H14O/c1-3-5-6-7-9(4-2)8-10/h3,5-7,10H,1,4,8H2,2H3/b6-5-,9-7+. The van der Waals surface area contributed by atoms with Crippen LogP contribution in [0.3, 0.4) is 0 Å². The van der Waals surface area contributed by atoms with E-state index in [4.69, 9.17) is 5.11 Å². The summed E-state index contributed by atoms with van der Waals surface area (Å²) in [5.41, 5.74) is 1.04. The Kier molecular flexibility index (Phi) is 5.79. The van der Waals surface area contributed by atoms with Gasteiger partial charge < -0.3 is 5.11 Å². The Balaban J connectivity index is 3.85. The molecule has 0 aliphatic carbocycles. The molecule has 1 nitrogen and oxygen atoms in total. The summed E-state index contributed by atoms with van der Waals surface area (Å²) in [6, 6.07) is 0. The lowest BCUT2D eigenvalue weighted by molar-refractivity contribution is 0.328. The summed E-state index contributed by atoms with van der Waals surface area (Å²) >= 11 is 0. The van der Waals surface area contributed by atoms with Crippen LogP contribution >= 0.6 is 0 Å². The maximum Gasteiger partial charge on any atom is 0.0644 e. The number of aliphatic hydroxyl groups excluding tert-OH is 1. The molecule has 0 aromatic heterocycles. The summed E-state index contributed by atoms with van der Waals surface area (Å²) in [5, 5.41) is 8.70. The van der Waals surface area contributed by atoms with Gasteiger partial charge in [0.05, 0.1) is 6.61 Å². The number of allylic oxidation sites excluding steroid dienone is 4. The van der Waals surface area contributed by atoms with Crippen molar-refractivity contribution < 1.29 is 5.11 Å². The molecule has 0 unspecified atom stereocenters. The molecule has 1 N–H and O–H groups in total. The smallest absolute Gasteiger partial charge is 0.0644 e. The first-order valence-electron chi connectivity index (χ1n) is 3.43. The third kappa shape index (κ3) is 4.10. The molecule has 0 aromatic carbocycles. The van der Waals surface area contributed by atoms with E-state index in [1.807, 2.05) is 25.2 Å². The van der Waals surface area contributed by atoms with Crippen LogP contribution in [0.15, 0.2) is 36.5 Å². The van der Waals surface area contributed by atoms with Gasteiger partial charge in [-0.05, 0) is 12.0 Å². The minimum absolute atomic E-state index is 0.151. The second-order valence-electron chi connectivity index (χ2n) is 1.96. The lowest BCUT2D eigenvalue weighted by Crippen LogP contribution is -1.85. The van der Waals surface area contributed by atoms with Gasteiger partial charge in [0.1, 0.15) is 0 Å². The third-order valence-corrected chi connectivity index (χ3v) is 1.24. The van der Waals surface area contributed by atoms with E-state index in [-0.39, 0.29) is 6.61 Å². The fraction of sp³-hybridized carbons (Fsp3) is 0.333. The van der Waals surface area contributed by atoms with Crippen LogP contribution in [0, 0.1) is 0 Å². The predicted molar refractivity (Wildman–Crippen MR) is 44.8 cm³/mol. The normalized spacial score (nSPS) is 12.4. The Labute approximate surface area is 62.4 Å². The first kappa shape index (κ1) is 9.18. The molecular weight excluding hydrogens is 124 g/mol. The molecule has 0 aliphatic rings.